The standard InChI is InChI=1S/C15H12S/c1-2-6-11-7-5-9-13-12-8-3-4-10-14(12)16-15(11)13/h2-10H,1H3/b6-2+. The van der Waals surface area contributed by atoms with Crippen molar-refractivity contribution >= 4 is 37.6 Å². The van der Waals surface area contributed by atoms with Crippen molar-refractivity contribution in [2.45, 2.75) is 6.92 Å². The minimum absolute atomic E-state index is 1.32. The van der Waals surface area contributed by atoms with E-state index in [0.29, 0.717) is 0 Å². The third-order valence-electron chi connectivity index (χ3n) is 2.78. The topological polar surface area (TPSA) is 0 Å². The van der Waals surface area contributed by atoms with Gasteiger partial charge in [-0.1, -0.05) is 48.6 Å². The molecule has 0 nitrogen and oxygen atoms in total. The Labute approximate surface area is 98.8 Å². The van der Waals surface area contributed by atoms with Crippen molar-refractivity contribution in [2.75, 3.05) is 0 Å². The molecule has 0 bridgehead atoms. The summed E-state index contributed by atoms with van der Waals surface area (Å²) in [7, 11) is 0. The van der Waals surface area contributed by atoms with Gasteiger partial charge in [0, 0.05) is 20.2 Å². The Balaban J connectivity index is 2.48. The summed E-state index contributed by atoms with van der Waals surface area (Å²) in [6.45, 7) is 2.06. The summed E-state index contributed by atoms with van der Waals surface area (Å²) in [6, 6.07) is 15.1. The maximum atomic E-state index is 2.21. The van der Waals surface area contributed by atoms with Crippen molar-refractivity contribution < 1.29 is 0 Å². The molecule has 0 fully saturated rings. The zero-order valence-corrected chi connectivity index (χ0v) is 9.92. The van der Waals surface area contributed by atoms with E-state index in [0.717, 1.165) is 0 Å². The maximum absolute atomic E-state index is 2.21. The molecule has 0 saturated heterocycles. The van der Waals surface area contributed by atoms with Gasteiger partial charge in [-0.05, 0) is 18.6 Å². The predicted molar refractivity (Wildman–Crippen MR) is 74.0 cm³/mol. The van der Waals surface area contributed by atoms with E-state index < -0.39 is 0 Å². The van der Waals surface area contributed by atoms with E-state index in [4.69, 9.17) is 0 Å². The van der Waals surface area contributed by atoms with Gasteiger partial charge in [0.05, 0.1) is 0 Å². The Morgan fingerprint density at radius 1 is 0.938 bits per heavy atom. The fourth-order valence-corrected chi connectivity index (χ4v) is 3.28. The van der Waals surface area contributed by atoms with Crippen LogP contribution in [0.3, 0.4) is 0 Å². The summed E-state index contributed by atoms with van der Waals surface area (Å²) in [5.41, 5.74) is 1.32. The van der Waals surface area contributed by atoms with Crippen molar-refractivity contribution in [3.8, 4) is 0 Å². The molecule has 1 aromatic heterocycles. The Bertz CT molecular complexity index is 674. The van der Waals surface area contributed by atoms with Crippen LogP contribution >= 0.6 is 11.3 Å². The zero-order valence-electron chi connectivity index (χ0n) is 9.10. The molecule has 0 atom stereocenters. The number of rotatable bonds is 1. The molecular formula is C15H12S. The SMILES string of the molecule is C/C=C/c1cccc2c1sc1ccccc12. The average Bonchev–Trinajstić information content (AvgIpc) is 2.69. The van der Waals surface area contributed by atoms with Crippen LogP contribution in [0.5, 0.6) is 0 Å². The normalized spacial score (nSPS) is 11.8. The Hall–Kier alpha value is -1.60. The molecule has 2 aromatic carbocycles. The van der Waals surface area contributed by atoms with E-state index in [1.807, 2.05) is 11.3 Å². The molecule has 0 aliphatic carbocycles. The average molecular weight is 224 g/mol. The smallest absolute Gasteiger partial charge is 0.0427 e. The quantitative estimate of drug-likeness (QED) is 0.540. The Morgan fingerprint density at radius 2 is 1.75 bits per heavy atom. The van der Waals surface area contributed by atoms with Crippen LogP contribution in [0, 0.1) is 0 Å². The third-order valence-corrected chi connectivity index (χ3v) is 4.02. The highest BCUT2D eigenvalue weighted by molar-refractivity contribution is 7.26. The Kier molecular flexibility index (Phi) is 2.26. The molecule has 0 amide bonds. The van der Waals surface area contributed by atoms with Crippen LogP contribution in [0.1, 0.15) is 12.5 Å². The molecule has 3 aromatic rings. The molecule has 1 heteroatoms. The van der Waals surface area contributed by atoms with Gasteiger partial charge in [0.25, 0.3) is 0 Å². The highest BCUT2D eigenvalue weighted by Crippen LogP contribution is 2.35. The van der Waals surface area contributed by atoms with E-state index in [9.17, 15) is 0 Å². The van der Waals surface area contributed by atoms with E-state index in [2.05, 4.69) is 61.5 Å². The summed E-state index contributed by atoms with van der Waals surface area (Å²) in [4.78, 5) is 0. The second-order valence-corrected chi connectivity index (χ2v) is 4.87. The number of hydrogen-bond acceptors (Lipinski definition) is 1. The molecule has 0 N–H and O–H groups in total. The lowest BCUT2D eigenvalue weighted by atomic mass is 10.1. The Morgan fingerprint density at radius 3 is 2.62 bits per heavy atom. The second kappa shape index (κ2) is 3.76. The monoisotopic (exact) mass is 224 g/mol. The van der Waals surface area contributed by atoms with Crippen LogP contribution in [-0.4, -0.2) is 0 Å². The molecule has 16 heavy (non-hydrogen) atoms. The van der Waals surface area contributed by atoms with Gasteiger partial charge in [-0.3, -0.25) is 0 Å². The molecule has 0 unspecified atom stereocenters. The molecule has 3 rings (SSSR count). The second-order valence-electron chi connectivity index (χ2n) is 3.82. The first kappa shape index (κ1) is 9.61. The van der Waals surface area contributed by atoms with E-state index >= 15 is 0 Å². The number of benzene rings is 2. The molecule has 0 spiro atoms. The van der Waals surface area contributed by atoms with E-state index in [1.165, 1.54) is 25.7 Å². The molecular weight excluding hydrogens is 212 g/mol. The summed E-state index contributed by atoms with van der Waals surface area (Å²) in [5.74, 6) is 0. The van der Waals surface area contributed by atoms with Crippen molar-refractivity contribution in [1.82, 2.24) is 0 Å². The number of allylic oxidation sites excluding steroid dienone is 1. The van der Waals surface area contributed by atoms with Gasteiger partial charge in [0.1, 0.15) is 0 Å². The van der Waals surface area contributed by atoms with Crippen molar-refractivity contribution in [3.63, 3.8) is 0 Å². The minimum atomic E-state index is 1.32. The van der Waals surface area contributed by atoms with Crippen LogP contribution in [0.4, 0.5) is 0 Å². The van der Waals surface area contributed by atoms with Crippen molar-refractivity contribution in [3.05, 3.63) is 54.1 Å². The van der Waals surface area contributed by atoms with Crippen molar-refractivity contribution in [2.24, 2.45) is 0 Å². The van der Waals surface area contributed by atoms with Crippen LogP contribution in [-0.2, 0) is 0 Å². The summed E-state index contributed by atoms with van der Waals surface area (Å²) >= 11 is 1.88. The van der Waals surface area contributed by atoms with Crippen LogP contribution in [0.25, 0.3) is 26.2 Å². The fraction of sp³-hybridized carbons (Fsp3) is 0.0667. The van der Waals surface area contributed by atoms with Crippen LogP contribution in [0.2, 0.25) is 0 Å². The zero-order chi connectivity index (χ0) is 11.0. The van der Waals surface area contributed by atoms with Crippen LogP contribution in [0.15, 0.2) is 48.5 Å². The first-order chi connectivity index (χ1) is 7.90. The van der Waals surface area contributed by atoms with Gasteiger partial charge in [-0.25, -0.2) is 0 Å². The third kappa shape index (κ3) is 1.36. The number of fused-ring (bicyclic) bond motifs is 3. The van der Waals surface area contributed by atoms with E-state index in [1.54, 1.807) is 0 Å². The lowest BCUT2D eigenvalue weighted by molar-refractivity contribution is 1.74. The van der Waals surface area contributed by atoms with Gasteiger partial charge < -0.3 is 0 Å². The molecule has 0 saturated carbocycles. The van der Waals surface area contributed by atoms with Gasteiger partial charge >= 0.3 is 0 Å². The molecule has 78 valence electrons. The fourth-order valence-electron chi connectivity index (χ4n) is 2.08. The molecule has 0 aliphatic heterocycles. The van der Waals surface area contributed by atoms with Crippen molar-refractivity contribution in [1.29, 1.82) is 0 Å². The predicted octanol–water partition coefficient (Wildman–Crippen LogP) is 5.09. The van der Waals surface area contributed by atoms with E-state index in [-0.39, 0.29) is 0 Å². The van der Waals surface area contributed by atoms with Crippen LogP contribution < -0.4 is 0 Å². The largest absolute Gasteiger partial charge is 0.135 e. The minimum Gasteiger partial charge on any atom is -0.135 e. The summed E-state index contributed by atoms with van der Waals surface area (Å²) in [5, 5.41) is 2.74. The first-order valence-corrected chi connectivity index (χ1v) is 6.25. The lowest BCUT2D eigenvalue weighted by Gasteiger charge is -1.95. The number of hydrogen-bond donors (Lipinski definition) is 0. The van der Waals surface area contributed by atoms with Gasteiger partial charge in [0.2, 0.25) is 0 Å². The summed E-state index contributed by atoms with van der Waals surface area (Å²) < 4.78 is 2.76. The van der Waals surface area contributed by atoms with Gasteiger partial charge in [-0.2, -0.15) is 0 Å². The summed E-state index contributed by atoms with van der Waals surface area (Å²) in [6.07, 6.45) is 4.27. The van der Waals surface area contributed by atoms with Gasteiger partial charge in [-0.15, -0.1) is 11.3 Å². The molecule has 0 aliphatic rings. The number of thiophene rings is 1. The highest BCUT2D eigenvalue weighted by Gasteiger charge is 2.05. The molecule has 0 radical (unpaired) electrons. The lowest BCUT2D eigenvalue weighted by Crippen LogP contribution is -1.71. The first-order valence-electron chi connectivity index (χ1n) is 5.43. The maximum Gasteiger partial charge on any atom is 0.0427 e. The van der Waals surface area contributed by atoms with Gasteiger partial charge in [0.15, 0.2) is 0 Å². The highest BCUT2D eigenvalue weighted by atomic mass is 32.1. The molecule has 1 heterocycles.